The molecule has 0 radical (unpaired) electrons. The second kappa shape index (κ2) is 4.99. The maximum Gasteiger partial charge on any atom is 0.125 e. The molecular formula is C12H20N2. The number of hydrogen-bond acceptors (Lipinski definition) is 2. The molecule has 2 heteroatoms. The molecule has 1 heterocycles. The lowest BCUT2D eigenvalue weighted by atomic mass is 10.1. The molecule has 1 fully saturated rings. The lowest BCUT2D eigenvalue weighted by molar-refractivity contribution is 1.04. The average molecular weight is 192 g/mol. The molecule has 1 saturated carbocycles. The van der Waals surface area contributed by atoms with Crippen molar-refractivity contribution in [3.05, 3.63) is 23.4 Å². The molecule has 0 amide bonds. The predicted octanol–water partition coefficient (Wildman–Crippen LogP) is 3.34. The number of nitrogens with one attached hydrogen (secondary N) is 1. The second-order valence-corrected chi connectivity index (χ2v) is 3.40. The molecule has 1 aliphatic carbocycles. The van der Waals surface area contributed by atoms with Crippen molar-refractivity contribution in [2.45, 2.75) is 39.5 Å². The van der Waals surface area contributed by atoms with Gasteiger partial charge in [-0.15, -0.1) is 0 Å². The highest BCUT2D eigenvalue weighted by atomic mass is 15.0. The Morgan fingerprint density at radius 1 is 1.29 bits per heavy atom. The van der Waals surface area contributed by atoms with Gasteiger partial charge >= 0.3 is 0 Å². The van der Waals surface area contributed by atoms with Crippen LogP contribution >= 0.6 is 0 Å². The Kier molecular flexibility index (Phi) is 3.93. The van der Waals surface area contributed by atoms with Crippen molar-refractivity contribution < 1.29 is 0 Å². The fourth-order valence-electron chi connectivity index (χ4n) is 1.54. The summed E-state index contributed by atoms with van der Waals surface area (Å²) < 4.78 is 0. The molecule has 0 unspecified atom stereocenters. The van der Waals surface area contributed by atoms with Gasteiger partial charge in [-0.1, -0.05) is 19.9 Å². The Morgan fingerprint density at radius 2 is 1.93 bits per heavy atom. The minimum absolute atomic E-state index is 0.809. The fraction of sp³-hybridized carbons (Fsp3) is 0.583. The van der Waals surface area contributed by atoms with Crippen LogP contribution in [0.2, 0.25) is 0 Å². The summed E-state index contributed by atoms with van der Waals surface area (Å²) in [6.07, 6.45) is 2.70. The summed E-state index contributed by atoms with van der Waals surface area (Å²) in [5.74, 6) is 1.78. The van der Waals surface area contributed by atoms with E-state index < -0.39 is 0 Å². The van der Waals surface area contributed by atoms with E-state index in [9.17, 15) is 0 Å². The number of nitrogens with zero attached hydrogens (tertiary/aromatic N) is 1. The van der Waals surface area contributed by atoms with E-state index in [1.54, 1.807) is 0 Å². The number of aromatic nitrogens is 1. The van der Waals surface area contributed by atoms with E-state index in [-0.39, 0.29) is 0 Å². The first-order valence-electron chi connectivity index (χ1n) is 5.46. The molecule has 1 aromatic rings. The number of hydrogen-bond donors (Lipinski definition) is 1. The molecule has 0 saturated heterocycles. The maximum atomic E-state index is 4.44. The largest absolute Gasteiger partial charge is 0.373 e. The first kappa shape index (κ1) is 11.0. The SMILES string of the molecule is CC.CNc1ccc(C2CC2)c(C)n1. The number of pyridine rings is 1. The zero-order valence-corrected chi connectivity index (χ0v) is 9.59. The molecule has 78 valence electrons. The lowest BCUT2D eigenvalue weighted by Gasteiger charge is -2.05. The van der Waals surface area contributed by atoms with E-state index in [0.717, 1.165) is 11.7 Å². The molecule has 2 rings (SSSR count). The monoisotopic (exact) mass is 192 g/mol. The van der Waals surface area contributed by atoms with Gasteiger partial charge in [0.25, 0.3) is 0 Å². The van der Waals surface area contributed by atoms with Gasteiger partial charge in [0.2, 0.25) is 0 Å². The molecule has 0 aromatic carbocycles. The third-order valence-corrected chi connectivity index (χ3v) is 2.40. The van der Waals surface area contributed by atoms with Crippen LogP contribution in [-0.2, 0) is 0 Å². The van der Waals surface area contributed by atoms with Crippen LogP contribution in [0.4, 0.5) is 5.82 Å². The smallest absolute Gasteiger partial charge is 0.125 e. The summed E-state index contributed by atoms with van der Waals surface area (Å²) in [7, 11) is 1.90. The minimum atomic E-state index is 0.809. The number of anilines is 1. The van der Waals surface area contributed by atoms with Crippen LogP contribution in [0, 0.1) is 6.92 Å². The molecule has 0 spiro atoms. The number of aryl methyl sites for hydroxylation is 1. The maximum absolute atomic E-state index is 4.44. The Labute approximate surface area is 86.8 Å². The van der Waals surface area contributed by atoms with Gasteiger partial charge in [-0.2, -0.15) is 0 Å². The van der Waals surface area contributed by atoms with Gasteiger partial charge in [0.15, 0.2) is 0 Å². The first-order chi connectivity index (χ1) is 6.81. The van der Waals surface area contributed by atoms with Crippen molar-refractivity contribution >= 4 is 5.82 Å². The van der Waals surface area contributed by atoms with Gasteiger partial charge in [-0.05, 0) is 37.3 Å². The van der Waals surface area contributed by atoms with Crippen LogP contribution in [-0.4, -0.2) is 12.0 Å². The molecule has 1 N–H and O–H groups in total. The topological polar surface area (TPSA) is 24.9 Å². The van der Waals surface area contributed by atoms with Crippen LogP contribution in [0.5, 0.6) is 0 Å². The van der Waals surface area contributed by atoms with Crippen molar-refractivity contribution in [2.75, 3.05) is 12.4 Å². The number of rotatable bonds is 2. The van der Waals surface area contributed by atoms with Crippen LogP contribution in [0.1, 0.15) is 43.9 Å². The van der Waals surface area contributed by atoms with Gasteiger partial charge in [0.1, 0.15) is 5.82 Å². The van der Waals surface area contributed by atoms with Gasteiger partial charge in [-0.25, -0.2) is 4.98 Å². The first-order valence-corrected chi connectivity index (χ1v) is 5.46. The second-order valence-electron chi connectivity index (χ2n) is 3.40. The Hall–Kier alpha value is -1.05. The third-order valence-electron chi connectivity index (χ3n) is 2.40. The van der Waals surface area contributed by atoms with E-state index in [2.05, 4.69) is 29.4 Å². The van der Waals surface area contributed by atoms with Crippen LogP contribution in [0.25, 0.3) is 0 Å². The van der Waals surface area contributed by atoms with Crippen molar-refractivity contribution in [1.29, 1.82) is 0 Å². The third kappa shape index (κ3) is 2.47. The van der Waals surface area contributed by atoms with E-state index in [1.807, 2.05) is 20.9 Å². The van der Waals surface area contributed by atoms with Gasteiger partial charge in [-0.3, -0.25) is 0 Å². The van der Waals surface area contributed by atoms with Crippen molar-refractivity contribution in [2.24, 2.45) is 0 Å². The van der Waals surface area contributed by atoms with Crippen LogP contribution in [0.3, 0.4) is 0 Å². The Balaban J connectivity index is 0.000000461. The molecule has 1 aromatic heterocycles. The quantitative estimate of drug-likeness (QED) is 0.777. The fourth-order valence-corrected chi connectivity index (χ4v) is 1.54. The predicted molar refractivity (Wildman–Crippen MR) is 61.8 cm³/mol. The van der Waals surface area contributed by atoms with Gasteiger partial charge < -0.3 is 5.32 Å². The normalized spacial score (nSPS) is 14.3. The molecular weight excluding hydrogens is 172 g/mol. The van der Waals surface area contributed by atoms with Crippen LogP contribution < -0.4 is 5.32 Å². The van der Waals surface area contributed by atoms with E-state index >= 15 is 0 Å². The van der Waals surface area contributed by atoms with Crippen LogP contribution in [0.15, 0.2) is 12.1 Å². The molecule has 1 aliphatic rings. The Morgan fingerprint density at radius 3 is 2.36 bits per heavy atom. The summed E-state index contributed by atoms with van der Waals surface area (Å²) in [5.41, 5.74) is 2.62. The van der Waals surface area contributed by atoms with Gasteiger partial charge in [0, 0.05) is 12.7 Å². The molecule has 0 aliphatic heterocycles. The molecule has 14 heavy (non-hydrogen) atoms. The summed E-state index contributed by atoms with van der Waals surface area (Å²) in [5, 5.41) is 3.04. The summed E-state index contributed by atoms with van der Waals surface area (Å²) in [6, 6.07) is 4.26. The lowest BCUT2D eigenvalue weighted by Crippen LogP contribution is -1.96. The zero-order valence-electron chi connectivity index (χ0n) is 9.59. The molecule has 2 nitrogen and oxygen atoms in total. The van der Waals surface area contributed by atoms with Gasteiger partial charge in [0.05, 0.1) is 0 Å². The molecule has 0 bridgehead atoms. The van der Waals surface area contributed by atoms with Crippen molar-refractivity contribution in [1.82, 2.24) is 4.98 Å². The van der Waals surface area contributed by atoms with Crippen molar-refractivity contribution in [3.8, 4) is 0 Å². The van der Waals surface area contributed by atoms with E-state index in [1.165, 1.54) is 24.1 Å². The van der Waals surface area contributed by atoms with Crippen molar-refractivity contribution in [3.63, 3.8) is 0 Å². The molecule has 0 atom stereocenters. The standard InChI is InChI=1S/C10H14N2.C2H6/c1-7-9(8-3-4-8)5-6-10(11-2)12-7;1-2/h5-6,8H,3-4H2,1-2H3,(H,11,12);1-2H3. The summed E-state index contributed by atoms with van der Waals surface area (Å²) >= 11 is 0. The van der Waals surface area contributed by atoms with E-state index in [4.69, 9.17) is 0 Å². The summed E-state index contributed by atoms with van der Waals surface area (Å²) in [6.45, 7) is 6.09. The Bertz CT molecular complexity index is 290. The average Bonchev–Trinajstić information content (AvgIpc) is 3.04. The highest BCUT2D eigenvalue weighted by molar-refractivity contribution is 5.40. The minimum Gasteiger partial charge on any atom is -0.373 e. The summed E-state index contributed by atoms with van der Waals surface area (Å²) in [4.78, 5) is 4.44. The zero-order chi connectivity index (χ0) is 10.6. The van der Waals surface area contributed by atoms with E-state index in [0.29, 0.717) is 0 Å². The highest BCUT2D eigenvalue weighted by Crippen LogP contribution is 2.41. The highest BCUT2D eigenvalue weighted by Gasteiger charge is 2.25.